The Bertz CT molecular complexity index is 318. The number of thiazole rings is 1. The van der Waals surface area contributed by atoms with Crippen LogP contribution in [0.5, 0.6) is 0 Å². The van der Waals surface area contributed by atoms with Crippen LogP contribution in [0.4, 0.5) is 5.13 Å². The van der Waals surface area contributed by atoms with E-state index in [4.69, 9.17) is 11.6 Å². The normalized spacial score (nSPS) is 27.2. The van der Waals surface area contributed by atoms with Gasteiger partial charge in [0.15, 0.2) is 5.13 Å². The molecule has 1 N–H and O–H groups in total. The number of aliphatic hydroxyl groups excluding tert-OH is 1. The molecule has 2 atom stereocenters. The van der Waals surface area contributed by atoms with Gasteiger partial charge in [0.2, 0.25) is 0 Å². The lowest BCUT2D eigenvalue weighted by molar-refractivity contribution is 0.244. The van der Waals surface area contributed by atoms with E-state index in [-0.39, 0.29) is 12.6 Å². The van der Waals surface area contributed by atoms with Crippen molar-refractivity contribution in [3.63, 3.8) is 0 Å². The number of aliphatic hydroxyl groups is 1. The van der Waals surface area contributed by atoms with E-state index in [1.807, 2.05) is 5.38 Å². The van der Waals surface area contributed by atoms with Crippen LogP contribution in [0.2, 0.25) is 5.15 Å². The van der Waals surface area contributed by atoms with Crippen LogP contribution in [0, 0.1) is 5.92 Å². The summed E-state index contributed by atoms with van der Waals surface area (Å²) in [5, 5.41) is 12.6. The Morgan fingerprint density at radius 2 is 2.57 bits per heavy atom. The predicted octanol–water partition coefficient (Wildman–Crippen LogP) is 2.00. The summed E-state index contributed by atoms with van der Waals surface area (Å²) in [4.78, 5) is 6.38. The molecule has 1 aromatic heterocycles. The minimum Gasteiger partial charge on any atom is -0.394 e. The highest BCUT2D eigenvalue weighted by Crippen LogP contribution is 2.32. The molecule has 78 valence electrons. The quantitative estimate of drug-likeness (QED) is 0.848. The molecule has 0 aromatic carbocycles. The van der Waals surface area contributed by atoms with Crippen molar-refractivity contribution in [3.05, 3.63) is 10.5 Å². The third-order valence-electron chi connectivity index (χ3n) is 2.78. The number of anilines is 1. The molecule has 1 saturated heterocycles. The molecule has 1 aromatic rings. The summed E-state index contributed by atoms with van der Waals surface area (Å²) in [6.45, 7) is 3.32. The van der Waals surface area contributed by atoms with E-state index >= 15 is 0 Å². The second-order valence-electron chi connectivity index (χ2n) is 3.66. The summed E-state index contributed by atoms with van der Waals surface area (Å²) in [5.74, 6) is 0.530. The Morgan fingerprint density at radius 1 is 1.79 bits per heavy atom. The molecule has 5 heteroatoms. The summed E-state index contributed by atoms with van der Waals surface area (Å²) in [6.07, 6.45) is 1.11. The van der Waals surface area contributed by atoms with E-state index in [2.05, 4.69) is 16.8 Å². The van der Waals surface area contributed by atoms with E-state index in [9.17, 15) is 5.11 Å². The van der Waals surface area contributed by atoms with Crippen LogP contribution >= 0.6 is 22.9 Å². The predicted molar refractivity (Wildman–Crippen MR) is 59.1 cm³/mol. The lowest BCUT2D eigenvalue weighted by Crippen LogP contribution is -2.35. The van der Waals surface area contributed by atoms with Crippen molar-refractivity contribution in [3.8, 4) is 0 Å². The minimum absolute atomic E-state index is 0.193. The largest absolute Gasteiger partial charge is 0.394 e. The zero-order valence-corrected chi connectivity index (χ0v) is 9.55. The maximum atomic E-state index is 9.28. The molecule has 3 nitrogen and oxygen atoms in total. The second-order valence-corrected chi connectivity index (χ2v) is 4.89. The molecule has 0 radical (unpaired) electrons. The minimum atomic E-state index is 0.193. The highest BCUT2D eigenvalue weighted by atomic mass is 35.5. The average molecular weight is 233 g/mol. The van der Waals surface area contributed by atoms with Gasteiger partial charge in [-0.15, -0.1) is 11.3 Å². The first-order valence-electron chi connectivity index (χ1n) is 4.71. The van der Waals surface area contributed by atoms with Crippen molar-refractivity contribution in [1.29, 1.82) is 0 Å². The van der Waals surface area contributed by atoms with Crippen molar-refractivity contribution < 1.29 is 5.11 Å². The van der Waals surface area contributed by atoms with Crippen LogP contribution in [0.3, 0.4) is 0 Å². The van der Waals surface area contributed by atoms with Crippen LogP contribution in [-0.4, -0.2) is 29.3 Å². The third kappa shape index (κ3) is 1.74. The molecule has 0 bridgehead atoms. The smallest absolute Gasteiger partial charge is 0.187 e. The van der Waals surface area contributed by atoms with Gasteiger partial charge >= 0.3 is 0 Å². The summed E-state index contributed by atoms with van der Waals surface area (Å²) < 4.78 is 0. The van der Waals surface area contributed by atoms with Crippen LogP contribution < -0.4 is 4.90 Å². The highest BCUT2D eigenvalue weighted by Gasteiger charge is 2.32. The Balaban J connectivity index is 2.18. The van der Waals surface area contributed by atoms with Gasteiger partial charge in [-0.2, -0.15) is 0 Å². The van der Waals surface area contributed by atoms with Crippen LogP contribution in [0.25, 0.3) is 0 Å². The SMILES string of the molecule is CC1CCN(c2nc(Cl)cs2)C1CO. The third-order valence-corrected chi connectivity index (χ3v) is 3.98. The first-order chi connectivity index (χ1) is 6.72. The molecule has 2 unspecified atom stereocenters. The van der Waals surface area contributed by atoms with Gasteiger partial charge in [-0.25, -0.2) is 4.98 Å². The van der Waals surface area contributed by atoms with Crippen molar-refractivity contribution >= 4 is 28.1 Å². The number of hydrogen-bond acceptors (Lipinski definition) is 4. The second kappa shape index (κ2) is 4.04. The Morgan fingerprint density at radius 3 is 3.14 bits per heavy atom. The molecule has 0 saturated carbocycles. The Kier molecular flexibility index (Phi) is 2.95. The molecule has 2 rings (SSSR count). The molecular weight excluding hydrogens is 220 g/mol. The molecule has 0 aliphatic carbocycles. The maximum Gasteiger partial charge on any atom is 0.187 e. The van der Waals surface area contributed by atoms with E-state index in [0.29, 0.717) is 11.1 Å². The number of halogens is 1. The Hall–Kier alpha value is -0.320. The fourth-order valence-electron chi connectivity index (χ4n) is 1.90. The van der Waals surface area contributed by atoms with Crippen LogP contribution in [0.15, 0.2) is 5.38 Å². The van der Waals surface area contributed by atoms with Gasteiger partial charge in [-0.05, 0) is 12.3 Å². The van der Waals surface area contributed by atoms with Gasteiger partial charge in [0.1, 0.15) is 5.15 Å². The first kappa shape index (κ1) is 10.2. The van der Waals surface area contributed by atoms with Gasteiger partial charge < -0.3 is 10.0 Å². The van der Waals surface area contributed by atoms with E-state index in [1.165, 1.54) is 11.3 Å². The number of nitrogens with zero attached hydrogens (tertiary/aromatic N) is 2. The zero-order chi connectivity index (χ0) is 10.1. The topological polar surface area (TPSA) is 36.4 Å². The molecule has 2 heterocycles. The molecule has 0 amide bonds. The van der Waals surface area contributed by atoms with Gasteiger partial charge in [-0.1, -0.05) is 18.5 Å². The van der Waals surface area contributed by atoms with Crippen molar-refractivity contribution in [2.45, 2.75) is 19.4 Å². The summed E-state index contributed by atoms with van der Waals surface area (Å²) in [6, 6.07) is 0.206. The van der Waals surface area contributed by atoms with E-state index in [0.717, 1.165) is 18.1 Å². The van der Waals surface area contributed by atoms with Gasteiger partial charge in [0.05, 0.1) is 12.6 Å². The van der Waals surface area contributed by atoms with E-state index < -0.39 is 0 Å². The lowest BCUT2D eigenvalue weighted by Gasteiger charge is -2.24. The average Bonchev–Trinajstić information content (AvgIpc) is 2.71. The fourth-order valence-corrected chi connectivity index (χ4v) is 2.93. The number of hydrogen-bond donors (Lipinski definition) is 1. The summed E-state index contributed by atoms with van der Waals surface area (Å²) in [7, 11) is 0. The van der Waals surface area contributed by atoms with Crippen LogP contribution in [0.1, 0.15) is 13.3 Å². The molecule has 0 spiro atoms. The molecule has 1 aliphatic heterocycles. The molecule has 1 fully saturated rings. The monoisotopic (exact) mass is 232 g/mol. The molecule has 14 heavy (non-hydrogen) atoms. The van der Waals surface area contributed by atoms with Crippen LogP contribution in [-0.2, 0) is 0 Å². The maximum absolute atomic E-state index is 9.28. The van der Waals surface area contributed by atoms with Gasteiger partial charge in [0, 0.05) is 11.9 Å². The fraction of sp³-hybridized carbons (Fsp3) is 0.667. The highest BCUT2D eigenvalue weighted by molar-refractivity contribution is 7.14. The van der Waals surface area contributed by atoms with Gasteiger partial charge in [-0.3, -0.25) is 0 Å². The number of rotatable bonds is 2. The summed E-state index contributed by atoms with van der Waals surface area (Å²) >= 11 is 7.32. The van der Waals surface area contributed by atoms with Crippen molar-refractivity contribution in [2.24, 2.45) is 5.92 Å². The molecular formula is C9H13ClN2OS. The van der Waals surface area contributed by atoms with E-state index in [1.54, 1.807) is 0 Å². The molecule has 1 aliphatic rings. The lowest BCUT2D eigenvalue weighted by atomic mass is 10.0. The zero-order valence-electron chi connectivity index (χ0n) is 7.98. The van der Waals surface area contributed by atoms with Crippen molar-refractivity contribution in [1.82, 2.24) is 4.98 Å². The Labute approximate surface area is 92.3 Å². The first-order valence-corrected chi connectivity index (χ1v) is 5.96. The van der Waals surface area contributed by atoms with Crippen molar-refractivity contribution in [2.75, 3.05) is 18.1 Å². The summed E-state index contributed by atoms with van der Waals surface area (Å²) in [5.41, 5.74) is 0. The van der Waals surface area contributed by atoms with Gasteiger partial charge in [0.25, 0.3) is 0 Å². The standard InChI is InChI=1S/C9H13ClN2OS/c1-6-2-3-12(7(6)4-13)9-11-8(10)5-14-9/h5-7,13H,2-4H2,1H3. The number of aromatic nitrogens is 1.